The topological polar surface area (TPSA) is 164 Å². The van der Waals surface area contributed by atoms with E-state index in [1.54, 1.807) is 6.26 Å². The fraction of sp³-hybridized carbons (Fsp3) is 0.455. The Labute approximate surface area is 181 Å². The Morgan fingerprint density at radius 3 is 2.77 bits per heavy atom. The number of amides is 2. The minimum atomic E-state index is -4.70. The molecule has 0 saturated carbocycles. The molecular formula is C11H16N5NaO6S3. The number of thioether (sulfide) groups is 1. The van der Waals surface area contributed by atoms with Gasteiger partial charge in [0.15, 0.2) is 10.8 Å². The summed E-state index contributed by atoms with van der Waals surface area (Å²) in [6.45, 7) is 0. The molecule has 0 radical (unpaired) electrons. The van der Waals surface area contributed by atoms with Crippen molar-refractivity contribution in [1.82, 2.24) is 14.6 Å². The van der Waals surface area contributed by atoms with Crippen LogP contribution < -0.4 is 40.6 Å². The number of oxime groups is 1. The summed E-state index contributed by atoms with van der Waals surface area (Å²) < 4.78 is 32.0. The third kappa shape index (κ3) is 4.88. The van der Waals surface area contributed by atoms with Crippen LogP contribution in [0, 0.1) is 0 Å². The van der Waals surface area contributed by atoms with E-state index in [-0.39, 0.29) is 53.3 Å². The molecule has 1 saturated heterocycles. The second-order valence-corrected chi connectivity index (χ2v) is 7.87. The Morgan fingerprint density at radius 1 is 1.65 bits per heavy atom. The Hall–Kier alpha value is -0.900. The molecule has 1 aliphatic rings. The van der Waals surface area contributed by atoms with Crippen molar-refractivity contribution in [3.63, 3.8) is 0 Å². The first kappa shape index (κ1) is 23.1. The molecule has 0 aromatic carbocycles. The van der Waals surface area contributed by atoms with E-state index in [2.05, 4.69) is 20.3 Å². The first-order valence-corrected chi connectivity index (χ1v) is 10.3. The average Bonchev–Trinajstić information content (AvgIpc) is 2.94. The fourth-order valence-electron chi connectivity index (χ4n) is 2.20. The van der Waals surface area contributed by atoms with E-state index in [1.165, 1.54) is 24.3 Å². The Kier molecular flexibility index (Phi) is 8.32. The van der Waals surface area contributed by atoms with Crippen LogP contribution in [-0.2, 0) is 24.7 Å². The van der Waals surface area contributed by atoms with Crippen LogP contribution in [0.25, 0.3) is 0 Å². The quantitative estimate of drug-likeness (QED) is 0.128. The molecule has 0 bridgehead atoms. The van der Waals surface area contributed by atoms with E-state index >= 15 is 0 Å². The summed E-state index contributed by atoms with van der Waals surface area (Å²) in [7, 11) is -3.47. The minimum Gasteiger partial charge on any atom is -1.00 e. The molecule has 2 atom stereocenters. The third-order valence-corrected chi connectivity index (χ3v) is 5.50. The van der Waals surface area contributed by atoms with Crippen LogP contribution in [0.2, 0.25) is 0 Å². The van der Waals surface area contributed by atoms with Gasteiger partial charge in [-0.3, -0.25) is 14.1 Å². The van der Waals surface area contributed by atoms with Crippen molar-refractivity contribution in [1.29, 1.82) is 0 Å². The van der Waals surface area contributed by atoms with E-state index in [0.29, 0.717) is 4.31 Å². The van der Waals surface area contributed by atoms with Gasteiger partial charge < -0.3 is 17.3 Å². The number of nitrogens with zero attached hydrogens (tertiary/aromatic N) is 3. The molecule has 1 aromatic heterocycles. The van der Waals surface area contributed by atoms with Gasteiger partial charge in [-0.05, 0) is 6.26 Å². The van der Waals surface area contributed by atoms with Crippen LogP contribution >= 0.6 is 23.1 Å². The summed E-state index contributed by atoms with van der Waals surface area (Å²) >= 11 is 2.34. The van der Waals surface area contributed by atoms with Crippen molar-refractivity contribution in [2.24, 2.45) is 5.16 Å². The normalized spacial score (nSPS) is 20.2. The standard InChI is InChI=1S/C11H15N5O6S3.Na.H/c1-22-15-7(5-3-24-11(12)13-5)9(17)14-8-6(4-23-2)16(10(8)18)25(19,20)21;;/h3,6,8H,4H2,1-2H3,(H2,12,13)(H,14,17)(H,19,20,21);;/q;+1;-1/b15-7-;;. The second kappa shape index (κ2) is 9.34. The van der Waals surface area contributed by atoms with Gasteiger partial charge in [-0.1, -0.05) is 5.16 Å². The van der Waals surface area contributed by atoms with Gasteiger partial charge in [0.1, 0.15) is 18.8 Å². The van der Waals surface area contributed by atoms with Gasteiger partial charge in [-0.2, -0.15) is 20.2 Å². The zero-order valence-corrected chi connectivity index (χ0v) is 18.5. The molecule has 2 rings (SSSR count). The van der Waals surface area contributed by atoms with Crippen LogP contribution in [0.3, 0.4) is 0 Å². The van der Waals surface area contributed by atoms with E-state index < -0.39 is 34.2 Å². The number of thiazole rings is 1. The summed E-state index contributed by atoms with van der Waals surface area (Å²) in [4.78, 5) is 33.0. The molecule has 11 nitrogen and oxygen atoms in total. The van der Waals surface area contributed by atoms with Gasteiger partial charge >= 0.3 is 39.9 Å². The van der Waals surface area contributed by atoms with Gasteiger partial charge in [0, 0.05) is 11.1 Å². The summed E-state index contributed by atoms with van der Waals surface area (Å²) in [6, 6.07) is -2.04. The number of anilines is 1. The van der Waals surface area contributed by atoms with Crippen molar-refractivity contribution >= 4 is 56.1 Å². The van der Waals surface area contributed by atoms with Gasteiger partial charge in [-0.25, -0.2) is 9.29 Å². The van der Waals surface area contributed by atoms with E-state index in [9.17, 15) is 18.0 Å². The number of carbonyl (C=O) groups excluding carboxylic acids is 2. The number of hydrogen-bond acceptors (Lipinski definition) is 10. The SMILES string of the molecule is CO/N=C(\C(=O)NC1C(=O)N(S(=O)(=O)O)C1CSC)c1csc(N)n1.[H-].[Na+]. The molecule has 1 aromatic rings. The van der Waals surface area contributed by atoms with Crippen molar-refractivity contribution in [2.75, 3.05) is 24.9 Å². The smallest absolute Gasteiger partial charge is 1.00 e. The Morgan fingerprint density at radius 2 is 2.31 bits per heavy atom. The monoisotopic (exact) mass is 433 g/mol. The largest absolute Gasteiger partial charge is 1.00 e. The number of nitrogen functional groups attached to an aromatic ring is 1. The number of rotatable bonds is 7. The first-order valence-electron chi connectivity index (χ1n) is 6.63. The van der Waals surface area contributed by atoms with E-state index in [0.717, 1.165) is 11.3 Å². The van der Waals surface area contributed by atoms with Crippen LogP contribution in [0.4, 0.5) is 5.13 Å². The predicted molar refractivity (Wildman–Crippen MR) is 93.7 cm³/mol. The zero-order chi connectivity index (χ0) is 18.8. The molecule has 2 amide bonds. The van der Waals surface area contributed by atoms with Crippen molar-refractivity contribution in [3.8, 4) is 0 Å². The van der Waals surface area contributed by atoms with Crippen molar-refractivity contribution < 1.29 is 58.4 Å². The Bertz CT molecular complexity index is 819. The minimum absolute atomic E-state index is 0. The first-order chi connectivity index (χ1) is 11.7. The van der Waals surface area contributed by atoms with Gasteiger partial charge in [0.2, 0.25) is 0 Å². The summed E-state index contributed by atoms with van der Waals surface area (Å²) in [5, 5.41) is 7.67. The molecule has 2 heterocycles. The predicted octanol–water partition coefficient (Wildman–Crippen LogP) is -3.95. The number of hydrogen-bond donors (Lipinski definition) is 3. The third-order valence-electron chi connectivity index (χ3n) is 3.20. The molecule has 2 unspecified atom stereocenters. The molecule has 1 fully saturated rings. The molecule has 140 valence electrons. The number of nitrogens with one attached hydrogen (secondary N) is 1. The van der Waals surface area contributed by atoms with Crippen molar-refractivity contribution in [2.45, 2.75) is 12.1 Å². The maximum Gasteiger partial charge on any atom is 1.00 e. The average molecular weight is 433 g/mol. The van der Waals surface area contributed by atoms with Crippen molar-refractivity contribution in [3.05, 3.63) is 11.1 Å². The maximum absolute atomic E-state index is 12.4. The van der Waals surface area contributed by atoms with E-state index in [4.69, 9.17) is 10.3 Å². The van der Waals surface area contributed by atoms with Gasteiger partial charge in [-0.15, -0.1) is 11.3 Å². The number of aromatic nitrogens is 1. The Balaban J connectivity index is 0.00000338. The molecule has 15 heteroatoms. The molecule has 0 spiro atoms. The van der Waals surface area contributed by atoms with Gasteiger partial charge in [0.05, 0.1) is 6.04 Å². The molecule has 0 aliphatic carbocycles. The van der Waals surface area contributed by atoms with Crippen LogP contribution in [0.1, 0.15) is 7.12 Å². The van der Waals surface area contributed by atoms with Crippen LogP contribution in [-0.4, -0.2) is 71.0 Å². The molecular weight excluding hydrogens is 417 g/mol. The van der Waals surface area contributed by atoms with Crippen LogP contribution in [0.5, 0.6) is 0 Å². The second-order valence-electron chi connectivity index (χ2n) is 4.78. The zero-order valence-electron chi connectivity index (χ0n) is 15.1. The van der Waals surface area contributed by atoms with E-state index in [1.807, 2.05) is 0 Å². The van der Waals surface area contributed by atoms with Gasteiger partial charge in [0.25, 0.3) is 11.8 Å². The molecule has 1 aliphatic heterocycles. The maximum atomic E-state index is 12.4. The summed E-state index contributed by atoms with van der Waals surface area (Å²) in [5.74, 6) is -1.53. The summed E-state index contributed by atoms with van der Waals surface area (Å²) in [5.41, 5.74) is 5.47. The molecule has 4 N–H and O–H groups in total. The number of nitrogens with two attached hydrogens (primary N) is 1. The van der Waals surface area contributed by atoms with Crippen LogP contribution in [0.15, 0.2) is 10.5 Å². The summed E-state index contributed by atoms with van der Waals surface area (Å²) in [6.07, 6.45) is 1.69. The molecule has 26 heavy (non-hydrogen) atoms. The number of β-lactam (4-membered cyclic amide) rings is 1. The fourth-order valence-corrected chi connectivity index (χ4v) is 4.40. The number of carbonyl (C=O) groups is 2.